The summed E-state index contributed by atoms with van der Waals surface area (Å²) in [5.41, 5.74) is 2.83. The van der Waals surface area contributed by atoms with Gasteiger partial charge in [0.1, 0.15) is 0 Å². The molecule has 0 saturated carbocycles. The van der Waals surface area contributed by atoms with Gasteiger partial charge in [-0.25, -0.2) is 0 Å². The zero-order chi connectivity index (χ0) is 11.2. The van der Waals surface area contributed by atoms with E-state index in [-0.39, 0.29) is 6.10 Å². The first-order chi connectivity index (χ1) is 7.92. The Balaban J connectivity index is 1.91. The van der Waals surface area contributed by atoms with Crippen LogP contribution in [-0.4, -0.2) is 19.7 Å². The highest BCUT2D eigenvalue weighted by molar-refractivity contribution is 5.31. The number of benzene rings is 1. The molecule has 0 amide bonds. The molecule has 1 atom stereocenters. The number of unbranched alkanes of at least 4 members (excludes halogenated alkanes) is 1. The summed E-state index contributed by atoms with van der Waals surface area (Å²) in [6.07, 6.45) is 3.80. The Morgan fingerprint density at radius 1 is 1.38 bits per heavy atom. The predicted molar refractivity (Wildman–Crippen MR) is 66.6 cm³/mol. The normalized spacial score (nSPS) is 19.4. The first-order valence-electron chi connectivity index (χ1n) is 6.32. The number of hydrogen-bond acceptors (Lipinski definition) is 2. The van der Waals surface area contributed by atoms with Crippen molar-refractivity contribution in [2.75, 3.05) is 19.7 Å². The maximum absolute atomic E-state index is 5.82. The van der Waals surface area contributed by atoms with Gasteiger partial charge in [0, 0.05) is 6.54 Å². The van der Waals surface area contributed by atoms with Crippen LogP contribution < -0.4 is 5.32 Å². The van der Waals surface area contributed by atoms with Crippen LogP contribution in [0.3, 0.4) is 0 Å². The van der Waals surface area contributed by atoms with Gasteiger partial charge in [0.25, 0.3) is 0 Å². The first-order valence-corrected chi connectivity index (χ1v) is 6.32. The summed E-state index contributed by atoms with van der Waals surface area (Å²) in [5.74, 6) is 0. The van der Waals surface area contributed by atoms with E-state index in [9.17, 15) is 0 Å². The molecular formula is C14H21NO. The molecule has 2 heteroatoms. The van der Waals surface area contributed by atoms with E-state index in [0.29, 0.717) is 0 Å². The van der Waals surface area contributed by atoms with Gasteiger partial charge >= 0.3 is 0 Å². The lowest BCUT2D eigenvalue weighted by atomic mass is 9.97. The van der Waals surface area contributed by atoms with Crippen LogP contribution in [0.4, 0.5) is 0 Å². The first kappa shape index (κ1) is 11.6. The maximum Gasteiger partial charge on any atom is 0.0952 e. The minimum absolute atomic E-state index is 0.252. The molecule has 88 valence electrons. The van der Waals surface area contributed by atoms with Crippen molar-refractivity contribution in [2.45, 2.75) is 32.3 Å². The minimum Gasteiger partial charge on any atom is -0.372 e. The Kier molecular flexibility index (Phi) is 4.37. The second-order valence-corrected chi connectivity index (χ2v) is 4.37. The molecule has 0 aromatic heterocycles. The molecule has 1 aromatic carbocycles. The van der Waals surface area contributed by atoms with Gasteiger partial charge in [0.2, 0.25) is 0 Å². The van der Waals surface area contributed by atoms with Gasteiger partial charge in [-0.15, -0.1) is 0 Å². The molecule has 0 bridgehead atoms. The van der Waals surface area contributed by atoms with Crippen molar-refractivity contribution in [1.82, 2.24) is 5.32 Å². The summed E-state index contributed by atoms with van der Waals surface area (Å²) in [7, 11) is 0. The van der Waals surface area contributed by atoms with Crippen molar-refractivity contribution in [1.29, 1.82) is 0 Å². The van der Waals surface area contributed by atoms with E-state index < -0.39 is 0 Å². The summed E-state index contributed by atoms with van der Waals surface area (Å²) in [4.78, 5) is 0. The van der Waals surface area contributed by atoms with Crippen molar-refractivity contribution in [3.05, 3.63) is 35.4 Å². The van der Waals surface area contributed by atoms with Gasteiger partial charge in [-0.3, -0.25) is 0 Å². The standard InChI is InChI=1S/C14H21NO/c1-2-3-9-15-11-14-13-7-5-4-6-12(13)8-10-16-14/h4-7,14-15H,2-3,8-11H2,1H3/t14-/m1/s1. The van der Waals surface area contributed by atoms with Gasteiger partial charge in [-0.05, 0) is 30.5 Å². The number of nitrogens with one attached hydrogen (secondary N) is 1. The van der Waals surface area contributed by atoms with Gasteiger partial charge in [-0.2, -0.15) is 0 Å². The SMILES string of the molecule is CCCCNC[C@H]1OCCc2ccccc21. The van der Waals surface area contributed by atoms with E-state index in [1.54, 1.807) is 0 Å². The zero-order valence-electron chi connectivity index (χ0n) is 10.0. The average Bonchev–Trinajstić information content (AvgIpc) is 2.35. The largest absolute Gasteiger partial charge is 0.372 e. The highest BCUT2D eigenvalue weighted by atomic mass is 16.5. The van der Waals surface area contributed by atoms with Crippen molar-refractivity contribution in [3.63, 3.8) is 0 Å². The molecule has 0 saturated heterocycles. The third-order valence-electron chi connectivity index (χ3n) is 3.13. The van der Waals surface area contributed by atoms with Crippen LogP contribution in [0.1, 0.15) is 37.0 Å². The summed E-state index contributed by atoms with van der Waals surface area (Å²) < 4.78 is 5.82. The Hall–Kier alpha value is -0.860. The topological polar surface area (TPSA) is 21.3 Å². The van der Waals surface area contributed by atoms with Gasteiger partial charge in [-0.1, -0.05) is 37.6 Å². The Bertz CT molecular complexity index is 324. The number of hydrogen-bond donors (Lipinski definition) is 1. The second kappa shape index (κ2) is 6.02. The van der Waals surface area contributed by atoms with Crippen LogP contribution in [0, 0.1) is 0 Å². The Labute approximate surface area is 98.0 Å². The van der Waals surface area contributed by atoms with Crippen molar-refractivity contribution in [2.24, 2.45) is 0 Å². The summed E-state index contributed by atoms with van der Waals surface area (Å²) in [5, 5.41) is 3.47. The van der Waals surface area contributed by atoms with Crippen molar-refractivity contribution >= 4 is 0 Å². The summed E-state index contributed by atoms with van der Waals surface area (Å²) >= 11 is 0. The molecule has 0 aliphatic carbocycles. The lowest BCUT2D eigenvalue weighted by molar-refractivity contribution is 0.0426. The van der Waals surface area contributed by atoms with Crippen LogP contribution in [0.5, 0.6) is 0 Å². The van der Waals surface area contributed by atoms with Crippen LogP contribution >= 0.6 is 0 Å². The van der Waals surface area contributed by atoms with Crippen molar-refractivity contribution < 1.29 is 4.74 Å². The van der Waals surface area contributed by atoms with E-state index >= 15 is 0 Å². The minimum atomic E-state index is 0.252. The molecular weight excluding hydrogens is 198 g/mol. The lowest BCUT2D eigenvalue weighted by Gasteiger charge is -2.26. The van der Waals surface area contributed by atoms with Crippen LogP contribution in [-0.2, 0) is 11.2 Å². The van der Waals surface area contributed by atoms with E-state index in [2.05, 4.69) is 36.5 Å². The number of rotatable bonds is 5. The van der Waals surface area contributed by atoms with Crippen LogP contribution in [0.25, 0.3) is 0 Å². The molecule has 1 aromatic rings. The third kappa shape index (κ3) is 2.83. The molecule has 1 aliphatic heterocycles. The van der Waals surface area contributed by atoms with E-state index in [4.69, 9.17) is 4.74 Å². The molecule has 0 unspecified atom stereocenters. The smallest absolute Gasteiger partial charge is 0.0952 e. The summed E-state index contributed by atoms with van der Waals surface area (Å²) in [6.45, 7) is 5.11. The molecule has 16 heavy (non-hydrogen) atoms. The molecule has 0 spiro atoms. The fourth-order valence-electron chi connectivity index (χ4n) is 2.18. The Morgan fingerprint density at radius 2 is 2.25 bits per heavy atom. The molecule has 1 heterocycles. The number of fused-ring (bicyclic) bond motifs is 1. The Morgan fingerprint density at radius 3 is 3.12 bits per heavy atom. The fourth-order valence-corrected chi connectivity index (χ4v) is 2.18. The number of ether oxygens (including phenoxy) is 1. The van der Waals surface area contributed by atoms with E-state index in [1.165, 1.54) is 24.0 Å². The second-order valence-electron chi connectivity index (χ2n) is 4.37. The predicted octanol–water partition coefficient (Wildman–Crippen LogP) is 2.69. The molecule has 1 aliphatic rings. The third-order valence-corrected chi connectivity index (χ3v) is 3.13. The molecule has 0 fully saturated rings. The maximum atomic E-state index is 5.82. The quantitative estimate of drug-likeness (QED) is 0.769. The van der Waals surface area contributed by atoms with Gasteiger partial charge in [0.15, 0.2) is 0 Å². The van der Waals surface area contributed by atoms with Gasteiger partial charge < -0.3 is 10.1 Å². The molecule has 1 N–H and O–H groups in total. The highest BCUT2D eigenvalue weighted by Crippen LogP contribution is 2.25. The summed E-state index contributed by atoms with van der Waals surface area (Å²) in [6, 6.07) is 8.63. The molecule has 0 radical (unpaired) electrons. The van der Waals surface area contributed by atoms with Crippen molar-refractivity contribution in [3.8, 4) is 0 Å². The van der Waals surface area contributed by atoms with E-state index in [1.807, 2.05) is 0 Å². The lowest BCUT2D eigenvalue weighted by Crippen LogP contribution is -2.28. The molecule has 2 rings (SSSR count). The van der Waals surface area contributed by atoms with Gasteiger partial charge in [0.05, 0.1) is 12.7 Å². The molecule has 2 nitrogen and oxygen atoms in total. The monoisotopic (exact) mass is 219 g/mol. The van der Waals surface area contributed by atoms with Crippen LogP contribution in [0.2, 0.25) is 0 Å². The highest BCUT2D eigenvalue weighted by Gasteiger charge is 2.19. The zero-order valence-corrected chi connectivity index (χ0v) is 10.0. The van der Waals surface area contributed by atoms with E-state index in [0.717, 1.165) is 26.1 Å². The average molecular weight is 219 g/mol. The van der Waals surface area contributed by atoms with Crippen LogP contribution in [0.15, 0.2) is 24.3 Å². The fraction of sp³-hybridized carbons (Fsp3) is 0.571.